The fourth-order valence-electron chi connectivity index (χ4n) is 1.36. The molecule has 7 heteroatoms. The molecular formula is C11H8FN3O3. The van der Waals surface area contributed by atoms with Crippen molar-refractivity contribution in [2.24, 2.45) is 0 Å². The third kappa shape index (κ3) is 2.10. The first-order valence-corrected chi connectivity index (χ1v) is 4.90. The van der Waals surface area contributed by atoms with Gasteiger partial charge in [0.1, 0.15) is 17.1 Å². The number of carbonyl (C=O) groups excluding carboxylic acids is 2. The van der Waals surface area contributed by atoms with Crippen molar-refractivity contribution < 1.29 is 18.7 Å². The molecule has 0 aliphatic heterocycles. The quantitative estimate of drug-likeness (QED) is 0.652. The van der Waals surface area contributed by atoms with Gasteiger partial charge in [-0.15, -0.1) is 0 Å². The zero-order valence-electron chi connectivity index (χ0n) is 9.31. The van der Waals surface area contributed by atoms with Crippen LogP contribution in [-0.2, 0) is 4.74 Å². The molecule has 2 aromatic heterocycles. The van der Waals surface area contributed by atoms with Gasteiger partial charge in [0.25, 0.3) is 0 Å². The Hall–Kier alpha value is -2.57. The Labute approximate surface area is 101 Å². The molecule has 0 atom stereocenters. The minimum Gasteiger partial charge on any atom is -0.464 e. The van der Waals surface area contributed by atoms with Crippen molar-refractivity contribution in [3.05, 3.63) is 35.4 Å². The highest BCUT2D eigenvalue weighted by molar-refractivity contribution is 5.88. The van der Waals surface area contributed by atoms with Gasteiger partial charge in [0.2, 0.25) is 0 Å². The number of methoxy groups -OCH3 is 1. The van der Waals surface area contributed by atoms with Crippen molar-refractivity contribution in [2.45, 2.75) is 0 Å². The Bertz CT molecular complexity index is 609. The van der Waals surface area contributed by atoms with E-state index in [9.17, 15) is 14.0 Å². The lowest BCUT2D eigenvalue weighted by atomic mass is 10.2. The number of nitrogens with one attached hydrogen (secondary N) is 1. The number of pyridine rings is 1. The van der Waals surface area contributed by atoms with Crippen LogP contribution in [0.4, 0.5) is 4.39 Å². The van der Waals surface area contributed by atoms with Crippen LogP contribution in [0.5, 0.6) is 0 Å². The van der Waals surface area contributed by atoms with Gasteiger partial charge in [-0.25, -0.2) is 9.18 Å². The first kappa shape index (κ1) is 11.9. The number of hydrogen-bond donors (Lipinski definition) is 1. The number of nitrogens with zero attached hydrogens (tertiary/aromatic N) is 2. The minimum absolute atomic E-state index is 0.0491. The summed E-state index contributed by atoms with van der Waals surface area (Å²) < 4.78 is 18.1. The number of aromatic amines is 1. The van der Waals surface area contributed by atoms with Crippen LogP contribution in [0.15, 0.2) is 18.3 Å². The molecule has 0 spiro atoms. The zero-order chi connectivity index (χ0) is 13.1. The Morgan fingerprint density at radius 1 is 1.50 bits per heavy atom. The molecule has 0 radical (unpaired) electrons. The maximum atomic E-state index is 13.6. The van der Waals surface area contributed by atoms with Crippen LogP contribution in [0.1, 0.15) is 20.8 Å². The lowest BCUT2D eigenvalue weighted by molar-refractivity contribution is 0.0594. The molecular weight excluding hydrogens is 241 g/mol. The van der Waals surface area contributed by atoms with Crippen molar-refractivity contribution in [1.29, 1.82) is 0 Å². The van der Waals surface area contributed by atoms with Crippen LogP contribution in [-0.4, -0.2) is 34.5 Å². The zero-order valence-corrected chi connectivity index (χ0v) is 9.31. The van der Waals surface area contributed by atoms with Crippen LogP contribution in [0, 0.1) is 5.82 Å². The van der Waals surface area contributed by atoms with Crippen LogP contribution in [0.2, 0.25) is 0 Å². The van der Waals surface area contributed by atoms with E-state index >= 15 is 0 Å². The lowest BCUT2D eigenvalue weighted by Gasteiger charge is -1.98. The topological polar surface area (TPSA) is 84.9 Å². The van der Waals surface area contributed by atoms with Crippen LogP contribution in [0.3, 0.4) is 0 Å². The molecule has 1 N–H and O–H groups in total. The maximum Gasteiger partial charge on any atom is 0.356 e. The predicted octanol–water partition coefficient (Wildman–Crippen LogP) is 1.21. The normalized spacial score (nSPS) is 10.1. The first-order valence-electron chi connectivity index (χ1n) is 4.90. The highest BCUT2D eigenvalue weighted by atomic mass is 19.1. The highest BCUT2D eigenvalue weighted by Crippen LogP contribution is 2.19. The van der Waals surface area contributed by atoms with Gasteiger partial charge in [0.05, 0.1) is 7.11 Å². The van der Waals surface area contributed by atoms with E-state index in [-0.39, 0.29) is 22.6 Å². The third-order valence-electron chi connectivity index (χ3n) is 2.22. The van der Waals surface area contributed by atoms with E-state index in [1.165, 1.54) is 19.4 Å². The summed E-state index contributed by atoms with van der Waals surface area (Å²) in [4.78, 5) is 25.4. The number of esters is 1. The van der Waals surface area contributed by atoms with E-state index in [0.29, 0.717) is 6.29 Å². The molecule has 0 unspecified atom stereocenters. The standard InChI is InChI=1S/C11H8FN3O3/c1-18-11(17)9-3-8(14-15-9)10-7(12)2-6(5-16)4-13-10/h2-5H,1H3,(H,14,15). The molecule has 0 saturated carbocycles. The summed E-state index contributed by atoms with van der Waals surface area (Å²) in [5, 5.41) is 6.17. The van der Waals surface area contributed by atoms with Crippen molar-refractivity contribution in [3.63, 3.8) is 0 Å². The van der Waals surface area contributed by atoms with E-state index < -0.39 is 11.8 Å². The predicted molar refractivity (Wildman–Crippen MR) is 58.5 cm³/mol. The molecule has 0 saturated heterocycles. The van der Waals surface area contributed by atoms with Gasteiger partial charge in [-0.3, -0.25) is 14.9 Å². The van der Waals surface area contributed by atoms with Crippen LogP contribution >= 0.6 is 0 Å². The molecule has 18 heavy (non-hydrogen) atoms. The summed E-state index contributed by atoms with van der Waals surface area (Å²) >= 11 is 0. The van der Waals surface area contributed by atoms with Gasteiger partial charge >= 0.3 is 5.97 Å². The van der Waals surface area contributed by atoms with Gasteiger partial charge in [-0.1, -0.05) is 0 Å². The summed E-state index contributed by atoms with van der Waals surface area (Å²) in [6, 6.07) is 2.36. The second-order valence-electron chi connectivity index (χ2n) is 3.38. The van der Waals surface area contributed by atoms with Crippen molar-refractivity contribution in [3.8, 4) is 11.4 Å². The molecule has 0 aliphatic rings. The summed E-state index contributed by atoms with van der Waals surface area (Å²) in [6.07, 6.45) is 1.71. The maximum absolute atomic E-state index is 13.6. The van der Waals surface area contributed by atoms with Crippen LogP contribution < -0.4 is 0 Å². The number of rotatable bonds is 3. The summed E-state index contributed by atoms with van der Waals surface area (Å²) in [6.45, 7) is 0. The van der Waals surface area contributed by atoms with Gasteiger partial charge < -0.3 is 4.74 Å². The molecule has 0 aliphatic carbocycles. The Morgan fingerprint density at radius 3 is 2.89 bits per heavy atom. The molecule has 0 bridgehead atoms. The molecule has 92 valence electrons. The number of carbonyl (C=O) groups is 2. The molecule has 0 amide bonds. The smallest absolute Gasteiger partial charge is 0.356 e. The lowest BCUT2D eigenvalue weighted by Crippen LogP contribution is -2.00. The number of hydrogen-bond acceptors (Lipinski definition) is 5. The van der Waals surface area contributed by atoms with E-state index in [2.05, 4.69) is 19.9 Å². The van der Waals surface area contributed by atoms with E-state index in [4.69, 9.17) is 0 Å². The second-order valence-corrected chi connectivity index (χ2v) is 3.38. The molecule has 6 nitrogen and oxygen atoms in total. The first-order chi connectivity index (χ1) is 8.65. The fourth-order valence-corrected chi connectivity index (χ4v) is 1.36. The van der Waals surface area contributed by atoms with Gasteiger partial charge in [-0.2, -0.15) is 5.10 Å². The molecule has 0 aromatic carbocycles. The molecule has 2 aromatic rings. The molecule has 2 rings (SSSR count). The molecule has 2 heterocycles. The molecule has 0 fully saturated rings. The van der Waals surface area contributed by atoms with Crippen LogP contribution in [0.25, 0.3) is 11.4 Å². The number of H-pyrrole nitrogens is 1. The van der Waals surface area contributed by atoms with Gasteiger partial charge in [0, 0.05) is 17.8 Å². The van der Waals surface area contributed by atoms with E-state index in [1.54, 1.807) is 0 Å². The van der Waals surface area contributed by atoms with Crippen molar-refractivity contribution >= 4 is 12.3 Å². The Balaban J connectivity index is 2.40. The number of halogens is 1. The van der Waals surface area contributed by atoms with E-state index in [1.807, 2.05) is 0 Å². The summed E-state index contributed by atoms with van der Waals surface area (Å²) in [5.74, 6) is -1.30. The Kier molecular flexibility index (Phi) is 3.13. The SMILES string of the molecule is COC(=O)c1cc(-c2ncc(C=O)cc2F)n[nH]1. The average molecular weight is 249 g/mol. The number of aromatic nitrogens is 3. The highest BCUT2D eigenvalue weighted by Gasteiger charge is 2.15. The number of aldehydes is 1. The van der Waals surface area contributed by atoms with Gasteiger partial charge in [-0.05, 0) is 6.07 Å². The second kappa shape index (κ2) is 4.74. The summed E-state index contributed by atoms with van der Waals surface area (Å²) in [7, 11) is 1.22. The largest absolute Gasteiger partial charge is 0.464 e. The van der Waals surface area contributed by atoms with E-state index in [0.717, 1.165) is 6.07 Å². The fraction of sp³-hybridized carbons (Fsp3) is 0.0909. The third-order valence-corrected chi connectivity index (χ3v) is 2.22. The van der Waals surface area contributed by atoms with Crippen molar-refractivity contribution in [1.82, 2.24) is 15.2 Å². The summed E-state index contributed by atoms with van der Waals surface area (Å²) in [5.41, 5.74) is 0.325. The average Bonchev–Trinajstić information content (AvgIpc) is 2.87. The number of ether oxygens (including phenoxy) is 1. The van der Waals surface area contributed by atoms with Gasteiger partial charge in [0.15, 0.2) is 12.1 Å². The minimum atomic E-state index is -0.692. The monoisotopic (exact) mass is 249 g/mol. The Morgan fingerprint density at radius 2 is 2.28 bits per heavy atom. The van der Waals surface area contributed by atoms with Crippen molar-refractivity contribution in [2.75, 3.05) is 7.11 Å².